The second-order valence-electron chi connectivity index (χ2n) is 6.96. The number of fused-ring (bicyclic) bond motifs is 1. The number of rotatable bonds is 5. The van der Waals surface area contributed by atoms with Gasteiger partial charge in [-0.25, -0.2) is 4.98 Å². The van der Waals surface area contributed by atoms with Gasteiger partial charge < -0.3 is 4.90 Å². The Morgan fingerprint density at radius 1 is 1.00 bits per heavy atom. The SMILES string of the molecule is CCN(Cc1ccccc1)c1nc(Cl)nc2scc(-c3ccc(C)cc3C)c12. The number of aryl methyl sites for hydroxylation is 2. The van der Waals surface area contributed by atoms with Crippen molar-refractivity contribution in [1.82, 2.24) is 9.97 Å². The Labute approximate surface area is 174 Å². The van der Waals surface area contributed by atoms with Crippen molar-refractivity contribution in [3.8, 4) is 11.1 Å². The molecule has 0 saturated heterocycles. The van der Waals surface area contributed by atoms with Crippen LogP contribution in [-0.2, 0) is 6.54 Å². The highest BCUT2D eigenvalue weighted by molar-refractivity contribution is 7.17. The van der Waals surface area contributed by atoms with Crippen LogP contribution >= 0.6 is 22.9 Å². The Hall–Kier alpha value is -2.43. The van der Waals surface area contributed by atoms with E-state index in [0.29, 0.717) is 5.28 Å². The maximum Gasteiger partial charge on any atom is 0.225 e. The number of hydrogen-bond acceptors (Lipinski definition) is 4. The predicted octanol–water partition coefficient (Wildman–Crippen LogP) is 6.66. The molecular weight excluding hydrogens is 386 g/mol. The molecule has 5 heteroatoms. The van der Waals surface area contributed by atoms with Crippen molar-refractivity contribution in [2.24, 2.45) is 0 Å². The molecule has 0 N–H and O–H groups in total. The molecule has 0 amide bonds. The van der Waals surface area contributed by atoms with E-state index in [4.69, 9.17) is 11.6 Å². The fraction of sp³-hybridized carbons (Fsp3) is 0.217. The summed E-state index contributed by atoms with van der Waals surface area (Å²) in [7, 11) is 0. The van der Waals surface area contributed by atoms with Gasteiger partial charge in [0.15, 0.2) is 0 Å². The van der Waals surface area contributed by atoms with E-state index < -0.39 is 0 Å². The fourth-order valence-corrected chi connectivity index (χ4v) is 4.73. The average molecular weight is 408 g/mol. The van der Waals surface area contributed by atoms with Gasteiger partial charge in [0.05, 0.1) is 5.39 Å². The molecule has 0 atom stereocenters. The summed E-state index contributed by atoms with van der Waals surface area (Å²) in [6.45, 7) is 8.04. The molecule has 142 valence electrons. The molecule has 28 heavy (non-hydrogen) atoms. The predicted molar refractivity (Wildman–Crippen MR) is 121 cm³/mol. The van der Waals surface area contributed by atoms with Crippen molar-refractivity contribution >= 4 is 39.0 Å². The monoisotopic (exact) mass is 407 g/mol. The molecule has 2 heterocycles. The Morgan fingerprint density at radius 3 is 2.50 bits per heavy atom. The Balaban J connectivity index is 1.88. The Kier molecular flexibility index (Phi) is 5.33. The van der Waals surface area contributed by atoms with Crippen molar-refractivity contribution in [2.45, 2.75) is 27.3 Å². The molecule has 0 radical (unpaired) electrons. The van der Waals surface area contributed by atoms with Crippen molar-refractivity contribution in [3.63, 3.8) is 0 Å². The minimum absolute atomic E-state index is 0.294. The van der Waals surface area contributed by atoms with Gasteiger partial charge >= 0.3 is 0 Å². The van der Waals surface area contributed by atoms with Gasteiger partial charge in [-0.05, 0) is 49.1 Å². The first-order chi connectivity index (χ1) is 13.6. The van der Waals surface area contributed by atoms with Gasteiger partial charge in [0.25, 0.3) is 0 Å². The summed E-state index contributed by atoms with van der Waals surface area (Å²) in [6.07, 6.45) is 0. The summed E-state index contributed by atoms with van der Waals surface area (Å²) in [5.74, 6) is 0.901. The van der Waals surface area contributed by atoms with E-state index in [1.807, 2.05) is 6.07 Å². The summed E-state index contributed by atoms with van der Waals surface area (Å²) in [4.78, 5) is 12.4. The second-order valence-corrected chi connectivity index (χ2v) is 8.16. The Bertz CT molecular complexity index is 1120. The zero-order chi connectivity index (χ0) is 19.7. The third-order valence-electron chi connectivity index (χ3n) is 4.96. The molecule has 0 aliphatic heterocycles. The molecule has 4 rings (SSSR count). The molecular formula is C23H22ClN3S. The number of benzene rings is 2. The summed E-state index contributed by atoms with van der Waals surface area (Å²) >= 11 is 7.91. The lowest BCUT2D eigenvalue weighted by atomic mass is 9.99. The average Bonchev–Trinajstić information content (AvgIpc) is 3.10. The molecule has 0 aliphatic rings. The standard InChI is InChI=1S/C23H22ClN3S/c1-4-27(13-17-8-6-5-7-9-17)21-20-19(14-28-22(20)26-23(24)25-21)18-11-10-15(2)12-16(18)3/h5-12,14H,4,13H2,1-3H3. The van der Waals surface area contributed by atoms with Crippen LogP contribution in [0.5, 0.6) is 0 Å². The number of anilines is 1. The molecule has 0 saturated carbocycles. The van der Waals surface area contributed by atoms with Gasteiger partial charge in [-0.3, -0.25) is 0 Å². The minimum atomic E-state index is 0.294. The molecule has 4 aromatic rings. The number of hydrogen-bond donors (Lipinski definition) is 0. The fourth-order valence-electron chi connectivity index (χ4n) is 3.58. The van der Waals surface area contributed by atoms with Crippen LogP contribution in [0.1, 0.15) is 23.6 Å². The van der Waals surface area contributed by atoms with E-state index in [0.717, 1.165) is 29.1 Å². The van der Waals surface area contributed by atoms with E-state index >= 15 is 0 Å². The molecule has 0 fully saturated rings. The first-order valence-corrected chi connectivity index (χ1v) is 10.6. The molecule has 0 aliphatic carbocycles. The molecule has 2 aromatic heterocycles. The summed E-state index contributed by atoms with van der Waals surface area (Å²) in [6, 6.07) is 17.0. The third-order valence-corrected chi connectivity index (χ3v) is 6.00. The van der Waals surface area contributed by atoms with Gasteiger partial charge in [-0.1, -0.05) is 54.1 Å². The van der Waals surface area contributed by atoms with Crippen LogP contribution in [0, 0.1) is 13.8 Å². The van der Waals surface area contributed by atoms with Crippen LogP contribution < -0.4 is 4.90 Å². The lowest BCUT2D eigenvalue weighted by molar-refractivity contribution is 0.817. The smallest absolute Gasteiger partial charge is 0.225 e. The van der Waals surface area contributed by atoms with Crippen LogP contribution in [0.3, 0.4) is 0 Å². The zero-order valence-corrected chi connectivity index (χ0v) is 17.8. The number of nitrogens with zero attached hydrogens (tertiary/aromatic N) is 3. The van der Waals surface area contributed by atoms with Crippen LogP contribution in [0.2, 0.25) is 5.28 Å². The highest BCUT2D eigenvalue weighted by Gasteiger charge is 2.20. The first kappa shape index (κ1) is 18.9. The zero-order valence-electron chi connectivity index (χ0n) is 16.2. The van der Waals surface area contributed by atoms with Crippen molar-refractivity contribution in [1.29, 1.82) is 0 Å². The Morgan fingerprint density at radius 2 is 1.79 bits per heavy atom. The summed E-state index contributed by atoms with van der Waals surface area (Å²) in [5.41, 5.74) is 6.16. The van der Waals surface area contributed by atoms with Crippen LogP contribution in [0.4, 0.5) is 5.82 Å². The topological polar surface area (TPSA) is 29.0 Å². The molecule has 0 unspecified atom stereocenters. The van der Waals surface area contributed by atoms with Crippen molar-refractivity contribution < 1.29 is 0 Å². The van der Waals surface area contributed by atoms with E-state index in [1.54, 1.807) is 11.3 Å². The number of aromatic nitrogens is 2. The molecule has 0 bridgehead atoms. The van der Waals surface area contributed by atoms with E-state index in [2.05, 4.69) is 83.5 Å². The lowest BCUT2D eigenvalue weighted by Gasteiger charge is -2.23. The molecule has 2 aromatic carbocycles. The van der Waals surface area contributed by atoms with Gasteiger partial charge in [0, 0.05) is 24.0 Å². The van der Waals surface area contributed by atoms with Gasteiger partial charge in [0.1, 0.15) is 10.6 Å². The first-order valence-electron chi connectivity index (χ1n) is 9.38. The lowest BCUT2D eigenvalue weighted by Crippen LogP contribution is -2.23. The number of thiophene rings is 1. The highest BCUT2D eigenvalue weighted by Crippen LogP contribution is 2.40. The molecule has 3 nitrogen and oxygen atoms in total. The summed E-state index contributed by atoms with van der Waals surface area (Å²) < 4.78 is 0. The summed E-state index contributed by atoms with van der Waals surface area (Å²) in [5, 5.41) is 3.55. The van der Waals surface area contributed by atoms with Crippen LogP contribution in [0.25, 0.3) is 21.3 Å². The van der Waals surface area contributed by atoms with Crippen molar-refractivity contribution in [2.75, 3.05) is 11.4 Å². The largest absolute Gasteiger partial charge is 0.352 e. The van der Waals surface area contributed by atoms with E-state index in [9.17, 15) is 0 Å². The molecule has 0 spiro atoms. The van der Waals surface area contributed by atoms with Gasteiger partial charge in [0.2, 0.25) is 5.28 Å². The van der Waals surface area contributed by atoms with E-state index in [1.165, 1.54) is 27.8 Å². The van der Waals surface area contributed by atoms with Crippen molar-refractivity contribution in [3.05, 3.63) is 75.9 Å². The second kappa shape index (κ2) is 7.90. The van der Waals surface area contributed by atoms with Gasteiger partial charge in [-0.2, -0.15) is 4.98 Å². The number of halogens is 1. The maximum absolute atomic E-state index is 6.29. The van der Waals surface area contributed by atoms with Crippen LogP contribution in [-0.4, -0.2) is 16.5 Å². The van der Waals surface area contributed by atoms with Gasteiger partial charge in [-0.15, -0.1) is 11.3 Å². The normalized spacial score (nSPS) is 11.1. The third kappa shape index (κ3) is 3.62. The highest BCUT2D eigenvalue weighted by atomic mass is 35.5. The van der Waals surface area contributed by atoms with Crippen LogP contribution in [0.15, 0.2) is 53.9 Å². The minimum Gasteiger partial charge on any atom is -0.352 e. The van der Waals surface area contributed by atoms with E-state index in [-0.39, 0.29) is 0 Å². The quantitative estimate of drug-likeness (QED) is 0.346. The maximum atomic E-state index is 6.29.